The maximum absolute atomic E-state index is 12.6. The second-order valence-corrected chi connectivity index (χ2v) is 7.85. The average Bonchev–Trinajstić information content (AvgIpc) is 3.06. The third-order valence-electron chi connectivity index (χ3n) is 3.98. The van der Waals surface area contributed by atoms with Gasteiger partial charge in [-0.2, -0.15) is 0 Å². The number of rotatable bonds is 2. The summed E-state index contributed by atoms with van der Waals surface area (Å²) in [7, 11) is 0. The molecule has 1 aromatic heterocycles. The molecule has 124 valence electrons. The molecule has 2 amide bonds. The Morgan fingerprint density at radius 1 is 1.35 bits per heavy atom. The number of amides is 2. The first-order valence-corrected chi connectivity index (χ1v) is 8.48. The van der Waals surface area contributed by atoms with Crippen LogP contribution in [0.25, 0.3) is 0 Å². The van der Waals surface area contributed by atoms with Gasteiger partial charge in [-0.25, -0.2) is 9.78 Å². The second kappa shape index (κ2) is 5.78. The Kier molecular flexibility index (Phi) is 4.08. The molecular weight excluding hydrogens is 362 g/mol. The zero-order valence-electron chi connectivity index (χ0n) is 13.4. The van der Waals surface area contributed by atoms with Crippen LogP contribution in [0.3, 0.4) is 0 Å². The third-order valence-corrected chi connectivity index (χ3v) is 4.42. The zero-order valence-corrected chi connectivity index (χ0v) is 15.0. The summed E-state index contributed by atoms with van der Waals surface area (Å²) in [6.45, 7) is 5.48. The molecule has 0 bridgehead atoms. The van der Waals surface area contributed by atoms with Crippen molar-refractivity contribution in [2.45, 2.75) is 51.3 Å². The van der Waals surface area contributed by atoms with Gasteiger partial charge in [0, 0.05) is 6.04 Å². The van der Waals surface area contributed by atoms with E-state index in [9.17, 15) is 9.59 Å². The number of aromatic nitrogens is 1. The lowest BCUT2D eigenvalue weighted by molar-refractivity contribution is -0.121. The first-order valence-electron chi connectivity index (χ1n) is 7.69. The molecule has 3 unspecified atom stereocenters. The van der Waals surface area contributed by atoms with Crippen molar-refractivity contribution in [2.75, 3.05) is 5.32 Å². The Bertz CT molecular complexity index is 644. The summed E-state index contributed by atoms with van der Waals surface area (Å²) in [6.07, 6.45) is 1.23. The van der Waals surface area contributed by atoms with E-state index in [-0.39, 0.29) is 11.9 Å². The second-order valence-electron chi connectivity index (χ2n) is 7.04. The highest BCUT2D eigenvalue weighted by Crippen LogP contribution is 2.48. The highest BCUT2D eigenvalue weighted by Gasteiger charge is 2.57. The largest absolute Gasteiger partial charge is 0.444 e. The van der Waals surface area contributed by atoms with Crippen LogP contribution in [-0.4, -0.2) is 39.6 Å². The molecular formula is C16H20BrN3O3. The summed E-state index contributed by atoms with van der Waals surface area (Å²) in [5.74, 6) is 0.663. The molecule has 7 heteroatoms. The van der Waals surface area contributed by atoms with Crippen molar-refractivity contribution in [1.29, 1.82) is 0 Å². The number of piperidine rings is 1. The van der Waals surface area contributed by atoms with Crippen molar-refractivity contribution in [1.82, 2.24) is 9.88 Å². The molecule has 1 saturated heterocycles. The van der Waals surface area contributed by atoms with Gasteiger partial charge in [-0.15, -0.1) is 0 Å². The Morgan fingerprint density at radius 2 is 2.09 bits per heavy atom. The van der Waals surface area contributed by atoms with Crippen LogP contribution in [0.4, 0.5) is 10.6 Å². The molecule has 1 aliphatic carbocycles. The van der Waals surface area contributed by atoms with Gasteiger partial charge in [0.1, 0.15) is 22.1 Å². The van der Waals surface area contributed by atoms with Gasteiger partial charge < -0.3 is 10.1 Å². The number of carbonyl (C=O) groups is 2. The van der Waals surface area contributed by atoms with Crippen molar-refractivity contribution in [2.24, 2.45) is 5.92 Å². The van der Waals surface area contributed by atoms with Crippen LogP contribution in [0.2, 0.25) is 0 Å². The van der Waals surface area contributed by atoms with Crippen molar-refractivity contribution < 1.29 is 14.3 Å². The predicted molar refractivity (Wildman–Crippen MR) is 88.9 cm³/mol. The van der Waals surface area contributed by atoms with Crippen molar-refractivity contribution in [3.8, 4) is 0 Å². The molecule has 0 radical (unpaired) electrons. The number of pyridine rings is 1. The van der Waals surface area contributed by atoms with E-state index in [1.165, 1.54) is 0 Å². The summed E-state index contributed by atoms with van der Waals surface area (Å²) in [5.41, 5.74) is -0.572. The number of likely N-dealkylation sites (tertiary alicyclic amines) is 1. The standard InChI is InChI=1S/C16H20BrN3O3/c1-16(2,3)23-15(22)20-10-7-9(10)8-11(20)14(21)19-13-6-4-5-12(17)18-13/h4-6,9-11H,7-8H2,1-3H3,(H,18,19,21). The molecule has 6 nitrogen and oxygen atoms in total. The van der Waals surface area contributed by atoms with Gasteiger partial charge in [0.2, 0.25) is 5.91 Å². The number of fused-ring (bicyclic) bond motifs is 1. The molecule has 0 aromatic carbocycles. The van der Waals surface area contributed by atoms with Crippen LogP contribution in [0.1, 0.15) is 33.6 Å². The molecule has 2 heterocycles. The summed E-state index contributed by atoms with van der Waals surface area (Å²) in [4.78, 5) is 30.8. The minimum absolute atomic E-state index is 0.135. The van der Waals surface area contributed by atoms with Crippen molar-refractivity contribution in [3.05, 3.63) is 22.8 Å². The van der Waals surface area contributed by atoms with Crippen LogP contribution in [0.15, 0.2) is 22.8 Å². The number of halogens is 1. The van der Waals surface area contributed by atoms with Crippen LogP contribution in [-0.2, 0) is 9.53 Å². The highest BCUT2D eigenvalue weighted by atomic mass is 79.9. The van der Waals surface area contributed by atoms with Gasteiger partial charge in [-0.1, -0.05) is 6.07 Å². The molecule has 1 saturated carbocycles. The Hall–Kier alpha value is -1.63. The summed E-state index contributed by atoms with van der Waals surface area (Å²) in [5, 5.41) is 2.78. The Balaban J connectivity index is 1.71. The Labute approximate surface area is 143 Å². The van der Waals surface area contributed by atoms with Gasteiger partial charge in [-0.3, -0.25) is 9.69 Å². The van der Waals surface area contributed by atoms with Crippen molar-refractivity contribution in [3.63, 3.8) is 0 Å². The fourth-order valence-corrected chi connectivity index (χ4v) is 3.30. The van der Waals surface area contributed by atoms with E-state index in [0.29, 0.717) is 22.8 Å². The lowest BCUT2D eigenvalue weighted by atomic mass is 10.1. The van der Waals surface area contributed by atoms with Gasteiger partial charge in [-0.05, 0) is 67.6 Å². The molecule has 0 spiro atoms. The average molecular weight is 382 g/mol. The van der Waals surface area contributed by atoms with Crippen LogP contribution >= 0.6 is 15.9 Å². The van der Waals surface area contributed by atoms with Crippen molar-refractivity contribution >= 4 is 33.7 Å². The number of anilines is 1. The molecule has 1 aliphatic heterocycles. The number of hydrogen-bond donors (Lipinski definition) is 1. The van der Waals surface area contributed by atoms with Gasteiger partial charge >= 0.3 is 6.09 Å². The minimum Gasteiger partial charge on any atom is -0.444 e. The van der Waals surface area contributed by atoms with E-state index in [1.54, 1.807) is 23.1 Å². The minimum atomic E-state index is -0.572. The number of carbonyl (C=O) groups excluding carboxylic acids is 2. The SMILES string of the molecule is CC(C)(C)OC(=O)N1C(C(=O)Nc2cccc(Br)n2)CC2CC21. The van der Waals surface area contributed by atoms with Crippen LogP contribution in [0.5, 0.6) is 0 Å². The highest BCUT2D eigenvalue weighted by molar-refractivity contribution is 9.10. The molecule has 1 N–H and O–H groups in total. The van der Waals surface area contributed by atoms with E-state index in [0.717, 1.165) is 6.42 Å². The van der Waals surface area contributed by atoms with E-state index < -0.39 is 17.7 Å². The van der Waals surface area contributed by atoms with E-state index in [4.69, 9.17) is 4.74 Å². The fraction of sp³-hybridized carbons (Fsp3) is 0.562. The summed E-state index contributed by atoms with van der Waals surface area (Å²) >= 11 is 3.27. The number of ether oxygens (including phenoxy) is 1. The Morgan fingerprint density at radius 3 is 2.74 bits per heavy atom. The van der Waals surface area contributed by atoms with Gasteiger partial charge in [0.05, 0.1) is 0 Å². The molecule has 3 rings (SSSR count). The van der Waals surface area contributed by atoms with E-state index >= 15 is 0 Å². The first kappa shape index (κ1) is 16.2. The molecule has 1 aromatic rings. The predicted octanol–water partition coefficient (Wildman–Crippen LogP) is 3.18. The lowest BCUT2D eigenvalue weighted by Gasteiger charge is -2.29. The maximum atomic E-state index is 12.6. The normalized spacial score (nSPS) is 25.7. The van der Waals surface area contributed by atoms with Gasteiger partial charge in [0.15, 0.2) is 0 Å². The van der Waals surface area contributed by atoms with E-state index in [1.807, 2.05) is 20.8 Å². The maximum Gasteiger partial charge on any atom is 0.411 e. The van der Waals surface area contributed by atoms with Crippen LogP contribution < -0.4 is 5.32 Å². The number of hydrogen-bond acceptors (Lipinski definition) is 4. The zero-order chi connectivity index (χ0) is 16.8. The lowest BCUT2D eigenvalue weighted by Crippen LogP contribution is -2.47. The monoisotopic (exact) mass is 381 g/mol. The topological polar surface area (TPSA) is 71.5 Å². The van der Waals surface area contributed by atoms with Crippen LogP contribution in [0, 0.1) is 5.92 Å². The molecule has 3 atom stereocenters. The number of nitrogens with zero attached hydrogens (tertiary/aromatic N) is 2. The molecule has 2 aliphatic rings. The quantitative estimate of drug-likeness (QED) is 0.798. The number of nitrogens with one attached hydrogen (secondary N) is 1. The first-order chi connectivity index (χ1) is 10.7. The molecule has 2 fully saturated rings. The summed E-state index contributed by atoms with van der Waals surface area (Å²) < 4.78 is 6.10. The molecule has 23 heavy (non-hydrogen) atoms. The fourth-order valence-electron chi connectivity index (χ4n) is 2.96. The third kappa shape index (κ3) is 3.65. The summed E-state index contributed by atoms with van der Waals surface area (Å²) in [6, 6.07) is 4.94. The van der Waals surface area contributed by atoms with Gasteiger partial charge in [0.25, 0.3) is 0 Å². The smallest absolute Gasteiger partial charge is 0.411 e. The van der Waals surface area contributed by atoms with E-state index in [2.05, 4.69) is 26.2 Å².